The number of rotatable bonds is 7. The molecule has 0 saturated carbocycles. The SMILES string of the molecule is CCNCC(COC)Oc1cc(Cl)c(Cl)cc1Cl. The summed E-state index contributed by atoms with van der Waals surface area (Å²) >= 11 is 17.8. The van der Waals surface area contributed by atoms with Crippen LogP contribution in [0.2, 0.25) is 15.1 Å². The highest BCUT2D eigenvalue weighted by atomic mass is 35.5. The smallest absolute Gasteiger partial charge is 0.140 e. The zero-order chi connectivity index (χ0) is 13.5. The number of hydrogen-bond acceptors (Lipinski definition) is 3. The van der Waals surface area contributed by atoms with E-state index < -0.39 is 0 Å². The standard InChI is InChI=1S/C12H16Cl3NO2/c1-3-16-6-8(7-17-2)18-12-5-10(14)9(13)4-11(12)15/h4-5,8,16H,3,6-7H2,1-2H3. The van der Waals surface area contributed by atoms with Crippen LogP contribution < -0.4 is 10.1 Å². The minimum atomic E-state index is -0.135. The molecule has 0 aromatic heterocycles. The van der Waals surface area contributed by atoms with E-state index in [0.29, 0.717) is 34.0 Å². The van der Waals surface area contributed by atoms with Crippen LogP contribution in [0.15, 0.2) is 12.1 Å². The molecule has 6 heteroatoms. The number of likely N-dealkylation sites (N-methyl/N-ethyl adjacent to an activating group) is 1. The molecule has 0 spiro atoms. The molecule has 1 aromatic rings. The third kappa shape index (κ3) is 4.82. The van der Waals surface area contributed by atoms with Crippen molar-refractivity contribution < 1.29 is 9.47 Å². The number of hydrogen-bond donors (Lipinski definition) is 1. The van der Waals surface area contributed by atoms with Gasteiger partial charge in [0.2, 0.25) is 0 Å². The van der Waals surface area contributed by atoms with Crippen molar-refractivity contribution in [3.8, 4) is 5.75 Å². The van der Waals surface area contributed by atoms with Gasteiger partial charge >= 0.3 is 0 Å². The number of halogens is 3. The van der Waals surface area contributed by atoms with Gasteiger partial charge in [-0.15, -0.1) is 0 Å². The molecule has 1 rings (SSSR count). The van der Waals surface area contributed by atoms with Crippen molar-refractivity contribution >= 4 is 34.8 Å². The Morgan fingerprint density at radius 3 is 2.44 bits per heavy atom. The third-order valence-corrected chi connectivity index (χ3v) is 3.26. The summed E-state index contributed by atoms with van der Waals surface area (Å²) in [4.78, 5) is 0. The minimum absolute atomic E-state index is 0.135. The lowest BCUT2D eigenvalue weighted by molar-refractivity contribution is 0.0810. The van der Waals surface area contributed by atoms with E-state index in [4.69, 9.17) is 44.3 Å². The molecule has 1 aromatic carbocycles. The Kier molecular flexibility index (Phi) is 7.12. The Balaban J connectivity index is 2.76. The highest BCUT2D eigenvalue weighted by molar-refractivity contribution is 6.43. The molecule has 1 atom stereocenters. The molecule has 0 aliphatic heterocycles. The average Bonchev–Trinajstić information content (AvgIpc) is 2.33. The lowest BCUT2D eigenvalue weighted by Crippen LogP contribution is -2.34. The first-order chi connectivity index (χ1) is 8.58. The molecule has 1 N–H and O–H groups in total. The molecule has 18 heavy (non-hydrogen) atoms. The normalized spacial score (nSPS) is 12.5. The number of nitrogens with one attached hydrogen (secondary N) is 1. The summed E-state index contributed by atoms with van der Waals surface area (Å²) in [5.41, 5.74) is 0. The maximum Gasteiger partial charge on any atom is 0.140 e. The molecule has 3 nitrogen and oxygen atoms in total. The van der Waals surface area contributed by atoms with Crippen LogP contribution in [-0.2, 0) is 4.74 Å². The van der Waals surface area contributed by atoms with Crippen LogP contribution in [0.4, 0.5) is 0 Å². The lowest BCUT2D eigenvalue weighted by Gasteiger charge is -2.19. The first kappa shape index (κ1) is 15.9. The number of benzene rings is 1. The van der Waals surface area contributed by atoms with Gasteiger partial charge in [0.1, 0.15) is 11.9 Å². The number of methoxy groups -OCH3 is 1. The Morgan fingerprint density at radius 2 is 1.83 bits per heavy atom. The van der Waals surface area contributed by atoms with E-state index in [0.717, 1.165) is 6.54 Å². The molecule has 102 valence electrons. The second-order valence-electron chi connectivity index (χ2n) is 3.70. The van der Waals surface area contributed by atoms with Gasteiger partial charge in [-0.2, -0.15) is 0 Å². The van der Waals surface area contributed by atoms with Crippen LogP contribution in [0.3, 0.4) is 0 Å². The van der Waals surface area contributed by atoms with Crippen LogP contribution in [0.1, 0.15) is 6.92 Å². The van der Waals surface area contributed by atoms with Crippen molar-refractivity contribution in [1.29, 1.82) is 0 Å². The van der Waals surface area contributed by atoms with Crippen LogP contribution in [0, 0.1) is 0 Å². The van der Waals surface area contributed by atoms with E-state index in [1.165, 1.54) is 0 Å². The van der Waals surface area contributed by atoms with Crippen molar-refractivity contribution in [2.75, 3.05) is 26.8 Å². The first-order valence-electron chi connectivity index (χ1n) is 5.59. The molecule has 0 heterocycles. The van der Waals surface area contributed by atoms with Crippen molar-refractivity contribution in [2.24, 2.45) is 0 Å². The number of ether oxygens (including phenoxy) is 2. The highest BCUT2D eigenvalue weighted by Gasteiger charge is 2.14. The van der Waals surface area contributed by atoms with Gasteiger partial charge in [0.25, 0.3) is 0 Å². The van der Waals surface area contributed by atoms with E-state index in [1.54, 1.807) is 19.2 Å². The Bertz CT molecular complexity index is 388. The second kappa shape index (κ2) is 8.08. The summed E-state index contributed by atoms with van der Waals surface area (Å²) in [6.45, 7) is 4.01. The molecule has 0 amide bonds. The fraction of sp³-hybridized carbons (Fsp3) is 0.500. The van der Waals surface area contributed by atoms with E-state index in [2.05, 4.69) is 5.32 Å². The second-order valence-corrected chi connectivity index (χ2v) is 4.92. The zero-order valence-corrected chi connectivity index (χ0v) is 12.6. The minimum Gasteiger partial charge on any atom is -0.485 e. The van der Waals surface area contributed by atoms with Crippen LogP contribution in [0.25, 0.3) is 0 Å². The Morgan fingerprint density at radius 1 is 1.17 bits per heavy atom. The van der Waals surface area contributed by atoms with Gasteiger partial charge in [0.15, 0.2) is 0 Å². The molecule has 1 unspecified atom stereocenters. The van der Waals surface area contributed by atoms with Crippen LogP contribution in [0.5, 0.6) is 5.75 Å². The van der Waals surface area contributed by atoms with Crippen LogP contribution >= 0.6 is 34.8 Å². The summed E-state index contributed by atoms with van der Waals surface area (Å²) in [5, 5.41) is 4.44. The van der Waals surface area contributed by atoms with Crippen molar-refractivity contribution in [2.45, 2.75) is 13.0 Å². The molecular formula is C12H16Cl3NO2. The van der Waals surface area contributed by atoms with Gasteiger partial charge in [-0.05, 0) is 12.6 Å². The fourth-order valence-corrected chi connectivity index (χ4v) is 1.98. The molecule has 0 aliphatic rings. The quantitative estimate of drug-likeness (QED) is 0.780. The van der Waals surface area contributed by atoms with E-state index in [9.17, 15) is 0 Å². The first-order valence-corrected chi connectivity index (χ1v) is 6.72. The zero-order valence-electron chi connectivity index (χ0n) is 10.3. The predicted octanol–water partition coefficient (Wildman–Crippen LogP) is 3.65. The summed E-state index contributed by atoms with van der Waals surface area (Å²) < 4.78 is 10.9. The largest absolute Gasteiger partial charge is 0.485 e. The van der Waals surface area contributed by atoms with Crippen molar-refractivity contribution in [3.63, 3.8) is 0 Å². The monoisotopic (exact) mass is 311 g/mol. The summed E-state index contributed by atoms with van der Waals surface area (Å²) in [7, 11) is 1.62. The van der Waals surface area contributed by atoms with Crippen LogP contribution in [-0.4, -0.2) is 32.9 Å². The highest BCUT2D eigenvalue weighted by Crippen LogP contribution is 2.34. The summed E-state index contributed by atoms with van der Waals surface area (Å²) in [5.74, 6) is 0.506. The van der Waals surface area contributed by atoms with Gasteiger partial charge in [0, 0.05) is 19.7 Å². The molecular weight excluding hydrogens is 296 g/mol. The predicted molar refractivity (Wildman–Crippen MR) is 76.3 cm³/mol. The fourth-order valence-electron chi connectivity index (χ4n) is 1.40. The van der Waals surface area contributed by atoms with Gasteiger partial charge < -0.3 is 14.8 Å². The molecule has 0 radical (unpaired) electrons. The maximum atomic E-state index is 6.05. The average molecular weight is 313 g/mol. The summed E-state index contributed by atoms with van der Waals surface area (Å²) in [6, 6.07) is 3.18. The van der Waals surface area contributed by atoms with E-state index in [1.807, 2.05) is 6.92 Å². The van der Waals surface area contributed by atoms with Gasteiger partial charge in [-0.3, -0.25) is 0 Å². The molecule has 0 aliphatic carbocycles. The van der Waals surface area contributed by atoms with Gasteiger partial charge in [-0.25, -0.2) is 0 Å². The Hall–Kier alpha value is -0.190. The molecule has 0 fully saturated rings. The molecule has 0 bridgehead atoms. The van der Waals surface area contributed by atoms with Crippen molar-refractivity contribution in [3.05, 3.63) is 27.2 Å². The van der Waals surface area contributed by atoms with E-state index in [-0.39, 0.29) is 6.10 Å². The van der Waals surface area contributed by atoms with Crippen molar-refractivity contribution in [1.82, 2.24) is 5.32 Å². The van der Waals surface area contributed by atoms with E-state index >= 15 is 0 Å². The topological polar surface area (TPSA) is 30.5 Å². The summed E-state index contributed by atoms with van der Waals surface area (Å²) in [6.07, 6.45) is -0.135. The Labute approximate surface area is 122 Å². The molecule has 0 saturated heterocycles. The lowest BCUT2D eigenvalue weighted by atomic mass is 10.3. The maximum absolute atomic E-state index is 6.05. The van der Waals surface area contributed by atoms with Gasteiger partial charge in [-0.1, -0.05) is 41.7 Å². The third-order valence-electron chi connectivity index (χ3n) is 2.24. The van der Waals surface area contributed by atoms with Gasteiger partial charge in [0.05, 0.1) is 21.7 Å².